The number of aliphatic hydroxyl groups excluding tert-OH is 1. The zero-order valence-corrected chi connectivity index (χ0v) is 9.74. The molecule has 0 heterocycles. The van der Waals surface area contributed by atoms with Gasteiger partial charge in [-0.15, -0.1) is 0 Å². The topological polar surface area (TPSA) is 57.5 Å². The van der Waals surface area contributed by atoms with E-state index >= 15 is 0 Å². The minimum absolute atomic E-state index is 0.393. The lowest BCUT2D eigenvalue weighted by atomic mass is 10.1. The van der Waals surface area contributed by atoms with Crippen molar-refractivity contribution in [1.29, 1.82) is 0 Å². The maximum Gasteiger partial charge on any atom is 0.332 e. The Bertz CT molecular complexity index is 157. The maximum atomic E-state index is 10.3. The summed E-state index contributed by atoms with van der Waals surface area (Å²) in [4.78, 5) is 10.3. The minimum atomic E-state index is -1.16. The molecule has 0 aromatic rings. The van der Waals surface area contributed by atoms with Crippen molar-refractivity contribution in [3.63, 3.8) is 0 Å². The van der Waals surface area contributed by atoms with Gasteiger partial charge in [0.25, 0.3) is 0 Å². The second-order valence-corrected chi connectivity index (χ2v) is 4.12. The van der Waals surface area contributed by atoms with Crippen LogP contribution in [-0.2, 0) is 4.79 Å². The summed E-state index contributed by atoms with van der Waals surface area (Å²) in [6.45, 7) is 2.20. The molecule has 0 aliphatic rings. The molecule has 0 unspecified atom stereocenters. The fraction of sp³-hybridized carbons (Fsp3) is 0.917. The van der Waals surface area contributed by atoms with Crippen molar-refractivity contribution in [3.8, 4) is 0 Å². The lowest BCUT2D eigenvalue weighted by Crippen LogP contribution is -2.18. The molecule has 0 aliphatic carbocycles. The first kappa shape index (κ1) is 14.4. The van der Waals surface area contributed by atoms with Gasteiger partial charge in [0.2, 0.25) is 0 Å². The molecule has 0 radical (unpaired) electrons. The van der Waals surface area contributed by atoms with Crippen LogP contribution in [0.1, 0.15) is 64.7 Å². The highest BCUT2D eigenvalue weighted by molar-refractivity contribution is 5.71. The lowest BCUT2D eigenvalue weighted by molar-refractivity contribution is -0.146. The lowest BCUT2D eigenvalue weighted by Gasteiger charge is -2.04. The van der Waals surface area contributed by atoms with Crippen molar-refractivity contribution in [2.75, 3.05) is 0 Å². The Morgan fingerprint density at radius 3 is 1.93 bits per heavy atom. The van der Waals surface area contributed by atoms with E-state index in [2.05, 4.69) is 6.92 Å². The number of carboxylic acid groups (broad SMARTS) is 1. The van der Waals surface area contributed by atoms with Crippen molar-refractivity contribution in [2.45, 2.75) is 70.8 Å². The number of unbranched alkanes of at least 4 members (excludes halogenated alkanes) is 7. The molecule has 0 aliphatic heterocycles. The van der Waals surface area contributed by atoms with E-state index in [1.54, 1.807) is 0 Å². The normalized spacial score (nSPS) is 12.7. The van der Waals surface area contributed by atoms with Gasteiger partial charge in [-0.2, -0.15) is 0 Å². The van der Waals surface area contributed by atoms with E-state index in [9.17, 15) is 4.79 Å². The molecule has 0 rings (SSSR count). The zero-order chi connectivity index (χ0) is 11.5. The Morgan fingerprint density at radius 2 is 1.47 bits per heavy atom. The van der Waals surface area contributed by atoms with Crippen molar-refractivity contribution in [1.82, 2.24) is 0 Å². The fourth-order valence-electron chi connectivity index (χ4n) is 1.60. The quantitative estimate of drug-likeness (QED) is 0.552. The van der Waals surface area contributed by atoms with Gasteiger partial charge < -0.3 is 10.2 Å². The van der Waals surface area contributed by atoms with Crippen LogP contribution in [0, 0.1) is 0 Å². The van der Waals surface area contributed by atoms with E-state index in [0.717, 1.165) is 19.3 Å². The zero-order valence-electron chi connectivity index (χ0n) is 9.74. The molecule has 15 heavy (non-hydrogen) atoms. The number of carbonyl (C=O) groups is 1. The minimum Gasteiger partial charge on any atom is -0.479 e. The summed E-state index contributed by atoms with van der Waals surface area (Å²) in [6.07, 6.45) is 8.68. The third kappa shape index (κ3) is 9.73. The van der Waals surface area contributed by atoms with Crippen molar-refractivity contribution in [2.24, 2.45) is 0 Å². The van der Waals surface area contributed by atoms with Crippen molar-refractivity contribution < 1.29 is 15.0 Å². The molecule has 0 bridgehead atoms. The summed E-state index contributed by atoms with van der Waals surface area (Å²) < 4.78 is 0. The molecule has 2 N–H and O–H groups in total. The van der Waals surface area contributed by atoms with Gasteiger partial charge in [-0.3, -0.25) is 0 Å². The van der Waals surface area contributed by atoms with Gasteiger partial charge in [-0.25, -0.2) is 4.79 Å². The van der Waals surface area contributed by atoms with E-state index in [4.69, 9.17) is 10.2 Å². The summed E-state index contributed by atoms with van der Waals surface area (Å²) in [6, 6.07) is 0. The molecule has 1 atom stereocenters. The second kappa shape index (κ2) is 9.97. The molecular formula is C12H24O3. The standard InChI is InChI=1S/C12H24O3/c1-2-3-4-5-6-7-8-9-10-11(13)12(14)15/h11,13H,2-10H2,1H3,(H,14,15)/t11-/m0/s1. The summed E-state index contributed by atoms with van der Waals surface area (Å²) >= 11 is 0. The monoisotopic (exact) mass is 216 g/mol. The van der Waals surface area contributed by atoms with Gasteiger partial charge in [0, 0.05) is 0 Å². The van der Waals surface area contributed by atoms with Crippen LogP contribution in [-0.4, -0.2) is 22.3 Å². The summed E-state index contributed by atoms with van der Waals surface area (Å²) in [5.74, 6) is -1.10. The molecule has 0 saturated heterocycles. The van der Waals surface area contributed by atoms with Crippen LogP contribution in [0.5, 0.6) is 0 Å². The molecule has 0 spiro atoms. The molecule has 0 fully saturated rings. The summed E-state index contributed by atoms with van der Waals surface area (Å²) in [5, 5.41) is 17.4. The molecule has 0 saturated carbocycles. The SMILES string of the molecule is CCCCCCCCCC[C@H](O)C(=O)O. The molecule has 0 aromatic heterocycles. The molecule has 0 aromatic carbocycles. The van der Waals surface area contributed by atoms with E-state index in [0.29, 0.717) is 6.42 Å². The fourth-order valence-corrected chi connectivity index (χ4v) is 1.60. The van der Waals surface area contributed by atoms with Gasteiger partial charge in [-0.1, -0.05) is 58.3 Å². The smallest absolute Gasteiger partial charge is 0.332 e. The molecular weight excluding hydrogens is 192 g/mol. The van der Waals surface area contributed by atoms with E-state index < -0.39 is 12.1 Å². The third-order valence-electron chi connectivity index (χ3n) is 2.62. The number of hydrogen-bond acceptors (Lipinski definition) is 2. The first-order valence-electron chi connectivity index (χ1n) is 6.09. The Morgan fingerprint density at radius 1 is 1.00 bits per heavy atom. The Balaban J connectivity index is 3.08. The van der Waals surface area contributed by atoms with Crippen LogP contribution in [0.2, 0.25) is 0 Å². The third-order valence-corrected chi connectivity index (χ3v) is 2.62. The second-order valence-electron chi connectivity index (χ2n) is 4.12. The molecule has 3 nitrogen and oxygen atoms in total. The average molecular weight is 216 g/mol. The van der Waals surface area contributed by atoms with Crippen LogP contribution in [0.25, 0.3) is 0 Å². The number of hydrogen-bond donors (Lipinski definition) is 2. The van der Waals surface area contributed by atoms with E-state index in [-0.39, 0.29) is 0 Å². The summed E-state index contributed by atoms with van der Waals surface area (Å²) in [5.41, 5.74) is 0. The molecule has 0 amide bonds. The average Bonchev–Trinajstić information content (AvgIpc) is 2.21. The first-order valence-corrected chi connectivity index (χ1v) is 6.09. The van der Waals surface area contributed by atoms with Gasteiger partial charge in [0.15, 0.2) is 6.10 Å². The first-order chi connectivity index (χ1) is 7.18. The number of aliphatic carboxylic acids is 1. The maximum absolute atomic E-state index is 10.3. The predicted octanol–water partition coefficient (Wildman–Crippen LogP) is 2.96. The highest BCUT2D eigenvalue weighted by Gasteiger charge is 2.11. The Labute approximate surface area is 92.5 Å². The highest BCUT2D eigenvalue weighted by Crippen LogP contribution is 2.10. The van der Waals surface area contributed by atoms with Crippen LogP contribution >= 0.6 is 0 Å². The number of aliphatic hydroxyl groups is 1. The molecule has 90 valence electrons. The molecule has 3 heteroatoms. The van der Waals surface area contributed by atoms with Crippen LogP contribution in [0.15, 0.2) is 0 Å². The van der Waals surface area contributed by atoms with Crippen LogP contribution in [0.4, 0.5) is 0 Å². The summed E-state index contributed by atoms with van der Waals surface area (Å²) in [7, 11) is 0. The van der Waals surface area contributed by atoms with Gasteiger partial charge >= 0.3 is 5.97 Å². The van der Waals surface area contributed by atoms with Crippen molar-refractivity contribution in [3.05, 3.63) is 0 Å². The Kier molecular flexibility index (Phi) is 9.59. The van der Waals surface area contributed by atoms with Crippen LogP contribution < -0.4 is 0 Å². The highest BCUT2D eigenvalue weighted by atomic mass is 16.4. The largest absolute Gasteiger partial charge is 0.479 e. The Hall–Kier alpha value is -0.570. The van der Waals surface area contributed by atoms with Gasteiger partial charge in [-0.05, 0) is 6.42 Å². The van der Waals surface area contributed by atoms with Gasteiger partial charge in [0.05, 0.1) is 0 Å². The number of carboxylic acids is 1. The van der Waals surface area contributed by atoms with Crippen LogP contribution in [0.3, 0.4) is 0 Å². The van der Waals surface area contributed by atoms with Crippen molar-refractivity contribution >= 4 is 5.97 Å². The number of rotatable bonds is 10. The van der Waals surface area contributed by atoms with Gasteiger partial charge in [0.1, 0.15) is 0 Å². The van der Waals surface area contributed by atoms with E-state index in [1.807, 2.05) is 0 Å². The van der Waals surface area contributed by atoms with E-state index in [1.165, 1.54) is 32.1 Å². The predicted molar refractivity (Wildman–Crippen MR) is 60.9 cm³/mol.